The fraction of sp³-hybridized carbons (Fsp3) is 0.571. The van der Waals surface area contributed by atoms with Gasteiger partial charge in [0.15, 0.2) is 0 Å². The zero-order valence-corrected chi connectivity index (χ0v) is 12.2. The van der Waals surface area contributed by atoms with Crippen molar-refractivity contribution in [2.75, 3.05) is 0 Å². The Hall–Kier alpha value is -1.07. The van der Waals surface area contributed by atoms with E-state index in [0.717, 1.165) is 18.4 Å². The van der Waals surface area contributed by atoms with Crippen LogP contribution < -0.4 is 4.18 Å². The molecule has 19 heavy (non-hydrogen) atoms. The van der Waals surface area contributed by atoms with Gasteiger partial charge in [-0.2, -0.15) is 8.42 Å². The van der Waals surface area contributed by atoms with Gasteiger partial charge in [0, 0.05) is 0 Å². The van der Waals surface area contributed by atoms with Crippen molar-refractivity contribution in [2.24, 2.45) is 0 Å². The highest BCUT2D eigenvalue weighted by Gasteiger charge is 2.06. The fourth-order valence-corrected chi connectivity index (χ4v) is 2.30. The van der Waals surface area contributed by atoms with Crippen molar-refractivity contribution in [1.82, 2.24) is 0 Å². The molecule has 108 valence electrons. The number of hydrogen-bond donors (Lipinski definition) is 1. The third kappa shape index (κ3) is 7.85. The summed E-state index contributed by atoms with van der Waals surface area (Å²) in [6, 6.07) is 6.76. The van der Waals surface area contributed by atoms with E-state index >= 15 is 0 Å². The zero-order chi connectivity index (χ0) is 14.1. The van der Waals surface area contributed by atoms with Gasteiger partial charge >= 0.3 is 10.4 Å². The van der Waals surface area contributed by atoms with Gasteiger partial charge in [0.05, 0.1) is 0 Å². The van der Waals surface area contributed by atoms with Gasteiger partial charge in [-0.25, -0.2) is 0 Å². The second-order valence-corrected chi connectivity index (χ2v) is 5.69. The second kappa shape index (κ2) is 8.17. The highest BCUT2D eigenvalue weighted by molar-refractivity contribution is 7.81. The van der Waals surface area contributed by atoms with Crippen LogP contribution in [0, 0.1) is 0 Å². The summed E-state index contributed by atoms with van der Waals surface area (Å²) in [5, 5.41) is 0. The molecule has 1 aromatic carbocycles. The highest BCUT2D eigenvalue weighted by Crippen LogP contribution is 2.16. The van der Waals surface area contributed by atoms with Crippen molar-refractivity contribution in [3.8, 4) is 5.75 Å². The Bertz CT molecular complexity index is 451. The first kappa shape index (κ1) is 16.0. The molecule has 0 spiro atoms. The normalized spacial score (nSPS) is 11.5. The van der Waals surface area contributed by atoms with Gasteiger partial charge in [-0.05, 0) is 30.5 Å². The van der Waals surface area contributed by atoms with Crippen LogP contribution in [-0.4, -0.2) is 13.0 Å². The Labute approximate surface area is 115 Å². The van der Waals surface area contributed by atoms with Crippen molar-refractivity contribution in [1.29, 1.82) is 0 Å². The molecule has 0 aliphatic rings. The lowest BCUT2D eigenvalue weighted by Crippen LogP contribution is -2.06. The van der Waals surface area contributed by atoms with Gasteiger partial charge in [-0.3, -0.25) is 4.55 Å². The first-order chi connectivity index (χ1) is 9.01. The van der Waals surface area contributed by atoms with Crippen LogP contribution in [0.3, 0.4) is 0 Å². The van der Waals surface area contributed by atoms with Crippen LogP contribution in [0.1, 0.15) is 51.0 Å². The summed E-state index contributed by atoms with van der Waals surface area (Å²) in [6.45, 7) is 2.20. The molecule has 1 aromatic rings. The third-order valence-electron chi connectivity index (χ3n) is 2.94. The topological polar surface area (TPSA) is 63.6 Å². The van der Waals surface area contributed by atoms with E-state index in [1.165, 1.54) is 32.1 Å². The quantitative estimate of drug-likeness (QED) is 0.554. The molecule has 0 unspecified atom stereocenters. The van der Waals surface area contributed by atoms with Gasteiger partial charge in [-0.1, -0.05) is 51.2 Å². The Kier molecular flexibility index (Phi) is 6.87. The SMILES string of the molecule is CCCCCCCCc1ccc(OS(=O)(=O)O)cc1. The smallest absolute Gasteiger partial charge is 0.362 e. The lowest BCUT2D eigenvalue weighted by Gasteiger charge is -2.04. The van der Waals surface area contributed by atoms with E-state index in [0.29, 0.717) is 0 Å². The van der Waals surface area contributed by atoms with Crippen LogP contribution in [0.2, 0.25) is 0 Å². The number of hydrogen-bond acceptors (Lipinski definition) is 3. The molecule has 5 heteroatoms. The molecular formula is C14H22O4S. The van der Waals surface area contributed by atoms with Gasteiger partial charge in [0.1, 0.15) is 5.75 Å². The number of rotatable bonds is 9. The van der Waals surface area contributed by atoms with E-state index in [2.05, 4.69) is 11.1 Å². The van der Waals surface area contributed by atoms with Crippen molar-refractivity contribution in [2.45, 2.75) is 51.9 Å². The molecular weight excluding hydrogens is 264 g/mol. The van der Waals surface area contributed by atoms with Crippen LogP contribution in [0.15, 0.2) is 24.3 Å². The van der Waals surface area contributed by atoms with Crippen LogP contribution >= 0.6 is 0 Å². The van der Waals surface area contributed by atoms with Gasteiger partial charge in [0.25, 0.3) is 0 Å². The molecule has 1 rings (SSSR count). The van der Waals surface area contributed by atoms with Crippen molar-refractivity contribution < 1.29 is 17.2 Å². The van der Waals surface area contributed by atoms with Crippen molar-refractivity contribution >= 4 is 10.4 Å². The molecule has 0 bridgehead atoms. The molecule has 0 heterocycles. The molecule has 0 aliphatic carbocycles. The summed E-state index contributed by atoms with van der Waals surface area (Å²) in [4.78, 5) is 0. The van der Waals surface area contributed by atoms with Crippen LogP contribution in [0.25, 0.3) is 0 Å². The van der Waals surface area contributed by atoms with E-state index in [1.54, 1.807) is 12.1 Å². The minimum Gasteiger partial charge on any atom is -0.362 e. The minimum absolute atomic E-state index is 0.134. The average Bonchev–Trinajstić information content (AvgIpc) is 2.34. The molecule has 0 atom stereocenters. The van der Waals surface area contributed by atoms with Crippen LogP contribution in [0.5, 0.6) is 5.75 Å². The van der Waals surface area contributed by atoms with Gasteiger partial charge in [0.2, 0.25) is 0 Å². The maximum Gasteiger partial charge on any atom is 0.446 e. The van der Waals surface area contributed by atoms with E-state index in [9.17, 15) is 8.42 Å². The van der Waals surface area contributed by atoms with Crippen molar-refractivity contribution in [3.63, 3.8) is 0 Å². The molecule has 0 saturated carbocycles. The first-order valence-corrected chi connectivity index (χ1v) is 8.13. The average molecular weight is 286 g/mol. The molecule has 0 fully saturated rings. The zero-order valence-electron chi connectivity index (χ0n) is 11.3. The maximum absolute atomic E-state index is 10.5. The minimum atomic E-state index is -4.42. The Morgan fingerprint density at radius 3 is 2.16 bits per heavy atom. The van der Waals surface area contributed by atoms with Crippen LogP contribution in [-0.2, 0) is 16.8 Å². The fourth-order valence-electron chi connectivity index (χ4n) is 1.94. The van der Waals surface area contributed by atoms with E-state index < -0.39 is 10.4 Å². The first-order valence-electron chi connectivity index (χ1n) is 6.77. The monoisotopic (exact) mass is 286 g/mol. The third-order valence-corrected chi connectivity index (χ3v) is 3.35. The molecule has 4 nitrogen and oxygen atoms in total. The summed E-state index contributed by atoms with van der Waals surface area (Å²) in [5.74, 6) is 0.134. The van der Waals surface area contributed by atoms with Crippen molar-refractivity contribution in [3.05, 3.63) is 29.8 Å². The van der Waals surface area contributed by atoms with Crippen LogP contribution in [0.4, 0.5) is 0 Å². The summed E-state index contributed by atoms with van der Waals surface area (Å²) < 4.78 is 33.9. The highest BCUT2D eigenvalue weighted by atomic mass is 32.3. The molecule has 0 radical (unpaired) electrons. The van der Waals surface area contributed by atoms with E-state index in [-0.39, 0.29) is 5.75 Å². The number of unbranched alkanes of at least 4 members (excludes halogenated alkanes) is 5. The second-order valence-electron chi connectivity index (χ2n) is 4.67. The number of benzene rings is 1. The largest absolute Gasteiger partial charge is 0.446 e. The van der Waals surface area contributed by atoms with Gasteiger partial charge in [-0.15, -0.1) is 0 Å². The van der Waals surface area contributed by atoms with Gasteiger partial charge < -0.3 is 4.18 Å². The predicted molar refractivity (Wildman–Crippen MR) is 75.7 cm³/mol. The number of aryl methyl sites for hydroxylation is 1. The summed E-state index contributed by atoms with van der Waals surface area (Å²) >= 11 is 0. The summed E-state index contributed by atoms with van der Waals surface area (Å²) in [7, 11) is -4.42. The lowest BCUT2D eigenvalue weighted by atomic mass is 10.1. The standard InChI is InChI=1S/C14H22O4S/c1-2-3-4-5-6-7-8-13-9-11-14(12-10-13)18-19(15,16)17/h9-12H,2-8H2,1H3,(H,15,16,17). The maximum atomic E-state index is 10.5. The lowest BCUT2D eigenvalue weighted by molar-refractivity contribution is 0.387. The Morgan fingerprint density at radius 2 is 1.58 bits per heavy atom. The molecule has 0 aliphatic heterocycles. The molecule has 1 N–H and O–H groups in total. The molecule has 0 saturated heterocycles. The Balaban J connectivity index is 2.28. The Morgan fingerprint density at radius 1 is 1.00 bits per heavy atom. The van der Waals surface area contributed by atoms with E-state index in [1.807, 2.05) is 12.1 Å². The predicted octanol–water partition coefficient (Wildman–Crippen LogP) is 3.77. The molecule has 0 aromatic heterocycles. The van der Waals surface area contributed by atoms with E-state index in [4.69, 9.17) is 4.55 Å². The molecule has 0 amide bonds. The summed E-state index contributed by atoms with van der Waals surface area (Å²) in [6.07, 6.45) is 8.50. The summed E-state index contributed by atoms with van der Waals surface area (Å²) in [5.41, 5.74) is 1.15.